The molecule has 1 aromatic carbocycles. The van der Waals surface area contributed by atoms with Crippen molar-refractivity contribution < 1.29 is 37.4 Å². The highest BCUT2D eigenvalue weighted by Crippen LogP contribution is 2.57. The molecule has 2 aliphatic carbocycles. The zero-order chi connectivity index (χ0) is 34.4. The van der Waals surface area contributed by atoms with Crippen LogP contribution in [0.2, 0.25) is 0 Å². The smallest absolute Gasteiger partial charge is 0.240 e. The first-order chi connectivity index (χ1) is 22.8. The molecule has 13 heteroatoms. The molecule has 3 heterocycles. The average Bonchev–Trinajstić information content (AvgIpc) is 3.95. The van der Waals surface area contributed by atoms with Crippen LogP contribution in [-0.2, 0) is 24.4 Å². The number of phenolic OH excluding ortho intramolecular Hbond substituents is 1. The van der Waals surface area contributed by atoms with E-state index in [1.54, 1.807) is 25.1 Å². The van der Waals surface area contributed by atoms with Gasteiger partial charge in [-0.2, -0.15) is 0 Å². The van der Waals surface area contributed by atoms with Crippen LogP contribution in [0.15, 0.2) is 30.4 Å². The second kappa shape index (κ2) is 13.3. The van der Waals surface area contributed by atoms with E-state index in [0.717, 1.165) is 25.7 Å². The van der Waals surface area contributed by atoms with Gasteiger partial charge in [-0.15, -0.1) is 0 Å². The van der Waals surface area contributed by atoms with Crippen LogP contribution in [0, 0.1) is 18.3 Å². The number of rotatable bonds is 7. The fourth-order valence-electron chi connectivity index (χ4n) is 7.03. The SMILES string of the molecule is Cc1c(O)ccc2c(O[C@@H]3C[C@H]4C(=O)C[C@]5(C(=O)NS(=O)(=O)C6CC6)C[C@H]5/C=C\CCCCC[C@H](N)C(=O)N4C3)cc(OC(C)C)nc12. The van der Waals surface area contributed by atoms with Crippen LogP contribution >= 0.6 is 0 Å². The topological polar surface area (TPSA) is 178 Å². The van der Waals surface area contributed by atoms with Gasteiger partial charge in [0.25, 0.3) is 0 Å². The van der Waals surface area contributed by atoms with E-state index in [1.807, 2.05) is 26.0 Å². The molecule has 0 radical (unpaired) electrons. The van der Waals surface area contributed by atoms with Crippen LogP contribution < -0.4 is 19.9 Å². The van der Waals surface area contributed by atoms with Crippen LogP contribution in [0.1, 0.15) is 83.6 Å². The van der Waals surface area contributed by atoms with Crippen molar-refractivity contribution >= 4 is 38.5 Å². The van der Waals surface area contributed by atoms with Gasteiger partial charge in [0.15, 0.2) is 5.78 Å². The van der Waals surface area contributed by atoms with Gasteiger partial charge in [-0.3, -0.25) is 19.1 Å². The minimum absolute atomic E-state index is 0.0794. The number of amides is 2. The molecular weight excluding hydrogens is 636 g/mol. The van der Waals surface area contributed by atoms with E-state index in [9.17, 15) is 27.9 Å². The van der Waals surface area contributed by atoms with E-state index < -0.39 is 44.8 Å². The molecule has 0 bridgehead atoms. The van der Waals surface area contributed by atoms with Crippen LogP contribution in [0.5, 0.6) is 17.4 Å². The minimum atomic E-state index is -3.81. The third-order valence-corrected chi connectivity index (χ3v) is 11.9. The Bertz CT molecular complexity index is 1740. The first kappa shape index (κ1) is 34.2. The molecule has 5 atom stereocenters. The highest BCUT2D eigenvalue weighted by Gasteiger charge is 2.61. The van der Waals surface area contributed by atoms with Crippen LogP contribution in [-0.4, -0.2) is 77.1 Å². The second-order valence-corrected chi connectivity index (χ2v) is 16.1. The molecule has 2 aromatic rings. The number of nitrogens with one attached hydrogen (secondary N) is 1. The van der Waals surface area contributed by atoms with E-state index >= 15 is 0 Å². The van der Waals surface area contributed by atoms with Crippen molar-refractivity contribution in [2.45, 2.75) is 115 Å². The third kappa shape index (κ3) is 7.03. The summed E-state index contributed by atoms with van der Waals surface area (Å²) >= 11 is 0. The van der Waals surface area contributed by atoms with Crippen LogP contribution in [0.4, 0.5) is 0 Å². The van der Waals surface area contributed by atoms with Gasteiger partial charge in [0.2, 0.25) is 27.7 Å². The number of ketones is 1. The molecule has 2 amide bonds. The number of pyridine rings is 1. The molecule has 2 saturated carbocycles. The molecule has 0 unspecified atom stereocenters. The zero-order valence-corrected chi connectivity index (χ0v) is 28.6. The average molecular weight is 683 g/mol. The summed E-state index contributed by atoms with van der Waals surface area (Å²) in [7, 11) is -3.81. The van der Waals surface area contributed by atoms with Gasteiger partial charge in [0.05, 0.1) is 40.9 Å². The lowest BCUT2D eigenvalue weighted by Gasteiger charge is -2.27. The van der Waals surface area contributed by atoms with E-state index in [1.165, 1.54) is 4.90 Å². The quantitative estimate of drug-likeness (QED) is 0.364. The molecule has 3 fully saturated rings. The monoisotopic (exact) mass is 682 g/mol. The predicted molar refractivity (Wildman–Crippen MR) is 179 cm³/mol. The normalized spacial score (nSPS) is 29.1. The number of nitrogens with two attached hydrogens (primary N) is 1. The van der Waals surface area contributed by atoms with Gasteiger partial charge in [-0.25, -0.2) is 13.4 Å². The van der Waals surface area contributed by atoms with E-state index in [4.69, 9.17) is 15.2 Å². The molecule has 1 aromatic heterocycles. The van der Waals surface area contributed by atoms with Gasteiger partial charge >= 0.3 is 0 Å². The Morgan fingerprint density at radius 2 is 1.94 bits per heavy atom. The first-order valence-electron chi connectivity index (χ1n) is 17.1. The Balaban J connectivity index is 1.30. The highest BCUT2D eigenvalue weighted by molar-refractivity contribution is 7.90. The zero-order valence-electron chi connectivity index (χ0n) is 27.8. The molecule has 6 rings (SSSR count). The Morgan fingerprint density at radius 1 is 1.17 bits per heavy atom. The maximum atomic E-state index is 14.2. The summed E-state index contributed by atoms with van der Waals surface area (Å²) in [6.07, 6.45) is 8.30. The molecule has 2 aliphatic heterocycles. The van der Waals surface area contributed by atoms with E-state index in [2.05, 4.69) is 9.71 Å². The summed E-state index contributed by atoms with van der Waals surface area (Å²) in [6.45, 7) is 5.60. The largest absolute Gasteiger partial charge is 0.508 e. The van der Waals surface area contributed by atoms with Crippen molar-refractivity contribution in [3.63, 3.8) is 0 Å². The molecule has 12 nitrogen and oxygen atoms in total. The molecule has 0 spiro atoms. The van der Waals surface area contributed by atoms with Crippen molar-refractivity contribution in [1.29, 1.82) is 0 Å². The van der Waals surface area contributed by atoms with E-state index in [0.29, 0.717) is 53.8 Å². The maximum absolute atomic E-state index is 14.2. The predicted octanol–water partition coefficient (Wildman–Crippen LogP) is 3.81. The molecule has 4 aliphatic rings. The highest BCUT2D eigenvalue weighted by atomic mass is 32.2. The fourth-order valence-corrected chi connectivity index (χ4v) is 8.41. The number of carbonyl (C=O) groups is 3. The third-order valence-electron chi connectivity index (χ3n) is 10.1. The van der Waals surface area contributed by atoms with Crippen molar-refractivity contribution in [1.82, 2.24) is 14.6 Å². The summed E-state index contributed by atoms with van der Waals surface area (Å²) in [5.41, 5.74) is 6.27. The molecule has 260 valence electrons. The van der Waals surface area contributed by atoms with Crippen molar-refractivity contribution in [2.24, 2.45) is 17.1 Å². The molecule has 48 heavy (non-hydrogen) atoms. The number of sulfonamides is 1. The Kier molecular flexibility index (Phi) is 9.47. The van der Waals surface area contributed by atoms with E-state index in [-0.39, 0.29) is 48.8 Å². The molecule has 4 N–H and O–H groups in total. The number of carbonyl (C=O) groups excluding carboxylic acids is 3. The van der Waals surface area contributed by atoms with Crippen LogP contribution in [0.25, 0.3) is 10.9 Å². The van der Waals surface area contributed by atoms with Gasteiger partial charge in [0.1, 0.15) is 17.6 Å². The summed E-state index contributed by atoms with van der Waals surface area (Å²) in [5, 5.41) is 10.4. The second-order valence-electron chi connectivity index (χ2n) is 14.2. The molecular formula is C35H46N4O8S. The lowest BCUT2D eigenvalue weighted by atomic mass is 9.91. The van der Waals surface area contributed by atoms with Gasteiger partial charge in [-0.05, 0) is 77.3 Å². The van der Waals surface area contributed by atoms with Gasteiger partial charge in [-0.1, -0.05) is 25.0 Å². The lowest BCUT2D eigenvalue weighted by Crippen LogP contribution is -2.49. The number of ether oxygens (including phenoxy) is 2. The lowest BCUT2D eigenvalue weighted by molar-refractivity contribution is -0.140. The number of aromatic hydroxyl groups is 1. The van der Waals surface area contributed by atoms with Gasteiger partial charge in [0, 0.05) is 29.9 Å². The maximum Gasteiger partial charge on any atom is 0.240 e. The summed E-state index contributed by atoms with van der Waals surface area (Å²) in [6, 6.07) is 3.24. The van der Waals surface area contributed by atoms with Crippen LogP contribution in [0.3, 0.4) is 0 Å². The Morgan fingerprint density at radius 3 is 2.67 bits per heavy atom. The Hall–Kier alpha value is -3.71. The minimum Gasteiger partial charge on any atom is -0.508 e. The van der Waals surface area contributed by atoms with Gasteiger partial charge < -0.3 is 25.2 Å². The van der Waals surface area contributed by atoms with Crippen molar-refractivity contribution in [3.05, 3.63) is 35.9 Å². The number of aromatic nitrogens is 1. The number of nitrogens with zero attached hydrogens (tertiary/aromatic N) is 2. The Labute approximate surface area is 281 Å². The number of allylic oxidation sites excluding steroid dienone is 2. The van der Waals surface area contributed by atoms with Crippen molar-refractivity contribution in [2.75, 3.05) is 6.54 Å². The first-order valence-corrected chi connectivity index (χ1v) is 18.6. The summed E-state index contributed by atoms with van der Waals surface area (Å²) in [4.78, 5) is 47.7. The molecule has 1 saturated heterocycles. The fraction of sp³-hybridized carbons (Fsp3) is 0.600. The summed E-state index contributed by atoms with van der Waals surface area (Å²) < 4.78 is 40.2. The standard InChI is InChI=1S/C35H46N4O8S/c1-20(2)46-31-16-30(25-13-14-28(40)21(3)32(25)37-31)47-23-15-27-29(41)18-35(34(43)38-48(44,45)24-11-12-24)17-22(35)9-7-5-4-6-8-10-26(36)33(42)39(27)19-23/h7,9,13-14,16,20,22-24,26-27,40H,4-6,8,10-12,15,17-19,36H2,1-3H3,(H,38,43)/b9-7-/t22-,23-,26+,27+,35-/m1/s1. The number of aryl methyl sites for hydroxylation is 1. The number of phenols is 1. The summed E-state index contributed by atoms with van der Waals surface area (Å²) in [5.74, 6) is -0.774. The number of Topliss-reactive ketones (excluding diaryl/α,β-unsaturated/α-hetero) is 1. The number of benzene rings is 1. The van der Waals surface area contributed by atoms with Crippen molar-refractivity contribution in [3.8, 4) is 17.4 Å². The number of hydrogen-bond acceptors (Lipinski definition) is 10. The number of hydrogen-bond donors (Lipinski definition) is 3. The number of fused-ring (bicyclic) bond motifs is 3.